The van der Waals surface area contributed by atoms with E-state index in [1.165, 1.54) is 23.5 Å². The van der Waals surface area contributed by atoms with E-state index in [1.54, 1.807) is 24.1 Å². The van der Waals surface area contributed by atoms with Gasteiger partial charge in [-0.25, -0.2) is 4.39 Å². The van der Waals surface area contributed by atoms with Crippen molar-refractivity contribution in [1.82, 2.24) is 4.90 Å². The van der Waals surface area contributed by atoms with Gasteiger partial charge in [0, 0.05) is 24.9 Å². The topological polar surface area (TPSA) is 40.5 Å². The first kappa shape index (κ1) is 13.0. The van der Waals surface area contributed by atoms with Gasteiger partial charge >= 0.3 is 0 Å². The number of benzene rings is 1. The minimum absolute atomic E-state index is 0.0647. The van der Waals surface area contributed by atoms with Crippen molar-refractivity contribution < 1.29 is 14.3 Å². The normalized spacial score (nSPS) is 10.8. The second-order valence-electron chi connectivity index (χ2n) is 4.10. The number of hydrogen-bond acceptors (Lipinski definition) is 3. The Labute approximate surface area is 108 Å². The number of aliphatic hydroxyl groups excluding tert-OH is 1. The van der Waals surface area contributed by atoms with Crippen LogP contribution < -0.4 is 0 Å². The molecular weight excluding hydrogens is 253 g/mol. The predicted molar refractivity (Wildman–Crippen MR) is 70.4 cm³/mol. The van der Waals surface area contributed by atoms with Gasteiger partial charge in [-0.2, -0.15) is 0 Å². The van der Waals surface area contributed by atoms with E-state index >= 15 is 0 Å². The lowest BCUT2D eigenvalue weighted by molar-refractivity contribution is 0.0791. The van der Waals surface area contributed by atoms with Crippen molar-refractivity contribution in [3.05, 3.63) is 35.0 Å². The highest BCUT2D eigenvalue weighted by Crippen LogP contribution is 2.27. The lowest BCUT2D eigenvalue weighted by atomic mass is 10.2. The van der Waals surface area contributed by atoms with Crippen molar-refractivity contribution in [1.29, 1.82) is 0 Å². The first-order chi connectivity index (χ1) is 8.61. The molecule has 0 bridgehead atoms. The molecule has 5 heteroatoms. The maximum atomic E-state index is 13.1. The van der Waals surface area contributed by atoms with Crippen LogP contribution in [0.15, 0.2) is 24.3 Å². The molecule has 0 aliphatic carbocycles. The van der Waals surface area contributed by atoms with Crippen LogP contribution >= 0.6 is 11.3 Å². The molecule has 1 N–H and O–H groups in total. The van der Waals surface area contributed by atoms with Crippen molar-refractivity contribution in [3.8, 4) is 0 Å². The fourth-order valence-electron chi connectivity index (χ4n) is 1.72. The number of halogens is 1. The van der Waals surface area contributed by atoms with E-state index in [-0.39, 0.29) is 18.3 Å². The first-order valence-electron chi connectivity index (χ1n) is 5.67. The van der Waals surface area contributed by atoms with Gasteiger partial charge in [0.25, 0.3) is 5.91 Å². The van der Waals surface area contributed by atoms with E-state index < -0.39 is 0 Å². The molecule has 0 aliphatic heterocycles. The fourth-order valence-corrected chi connectivity index (χ4v) is 2.75. The van der Waals surface area contributed by atoms with Gasteiger partial charge < -0.3 is 10.0 Å². The molecule has 1 amide bonds. The summed E-state index contributed by atoms with van der Waals surface area (Å²) in [5, 5.41) is 9.48. The summed E-state index contributed by atoms with van der Waals surface area (Å²) in [5.74, 6) is -0.391. The van der Waals surface area contributed by atoms with Crippen LogP contribution in [0, 0.1) is 5.82 Å². The summed E-state index contributed by atoms with van der Waals surface area (Å²) >= 11 is 1.36. The van der Waals surface area contributed by atoms with Gasteiger partial charge in [-0.15, -0.1) is 11.3 Å². The molecule has 96 valence electrons. The largest absolute Gasteiger partial charge is 0.396 e. The minimum Gasteiger partial charge on any atom is -0.396 e. The number of carbonyl (C=O) groups excluding carboxylic acids is 1. The minimum atomic E-state index is -0.298. The van der Waals surface area contributed by atoms with Gasteiger partial charge in [0.05, 0.1) is 4.88 Å². The number of nitrogens with zero attached hydrogens (tertiary/aromatic N) is 1. The summed E-state index contributed by atoms with van der Waals surface area (Å²) in [6.45, 7) is 0.577. The Balaban J connectivity index is 2.22. The molecule has 1 aromatic carbocycles. The molecule has 1 aromatic heterocycles. The number of aliphatic hydroxyl groups is 1. The SMILES string of the molecule is CN(CCCO)C(=O)c1cc2cc(F)ccc2s1. The van der Waals surface area contributed by atoms with Crippen molar-refractivity contribution in [3.63, 3.8) is 0 Å². The number of rotatable bonds is 4. The van der Waals surface area contributed by atoms with Crippen molar-refractivity contribution in [2.24, 2.45) is 0 Å². The second-order valence-corrected chi connectivity index (χ2v) is 5.18. The van der Waals surface area contributed by atoms with Gasteiger partial charge in [0.1, 0.15) is 5.82 Å². The third kappa shape index (κ3) is 2.68. The van der Waals surface area contributed by atoms with Crippen LogP contribution in [-0.4, -0.2) is 36.1 Å². The maximum absolute atomic E-state index is 13.1. The van der Waals surface area contributed by atoms with E-state index in [2.05, 4.69) is 0 Å². The Bertz CT molecular complexity index is 567. The lowest BCUT2D eigenvalue weighted by Crippen LogP contribution is -2.27. The molecular formula is C13H14FNO2S. The molecule has 0 unspecified atom stereocenters. The Morgan fingerprint density at radius 2 is 2.22 bits per heavy atom. The van der Waals surface area contributed by atoms with Crippen LogP contribution in [0.2, 0.25) is 0 Å². The quantitative estimate of drug-likeness (QED) is 0.924. The van der Waals surface area contributed by atoms with Crippen molar-refractivity contribution in [2.75, 3.05) is 20.2 Å². The van der Waals surface area contributed by atoms with E-state index in [0.717, 1.165) is 10.1 Å². The average molecular weight is 267 g/mol. The van der Waals surface area contributed by atoms with Gasteiger partial charge in [-0.3, -0.25) is 4.79 Å². The summed E-state index contributed by atoms with van der Waals surface area (Å²) < 4.78 is 14.0. The van der Waals surface area contributed by atoms with Crippen LogP contribution in [0.25, 0.3) is 10.1 Å². The van der Waals surface area contributed by atoms with E-state index in [1.807, 2.05) is 0 Å². The number of amides is 1. The van der Waals surface area contributed by atoms with Crippen LogP contribution in [-0.2, 0) is 0 Å². The lowest BCUT2D eigenvalue weighted by Gasteiger charge is -2.14. The third-order valence-corrected chi connectivity index (χ3v) is 3.79. The highest BCUT2D eigenvalue weighted by molar-refractivity contribution is 7.20. The van der Waals surface area contributed by atoms with E-state index in [4.69, 9.17) is 5.11 Å². The number of thiophene rings is 1. The first-order valence-corrected chi connectivity index (χ1v) is 6.49. The van der Waals surface area contributed by atoms with E-state index in [9.17, 15) is 9.18 Å². The van der Waals surface area contributed by atoms with Gasteiger partial charge in [0.2, 0.25) is 0 Å². The molecule has 1 heterocycles. The zero-order chi connectivity index (χ0) is 13.1. The predicted octanol–water partition coefficient (Wildman–Crippen LogP) is 2.49. The summed E-state index contributed by atoms with van der Waals surface area (Å²) in [6, 6.07) is 6.21. The molecule has 0 spiro atoms. The van der Waals surface area contributed by atoms with Crippen molar-refractivity contribution >= 4 is 27.3 Å². The highest BCUT2D eigenvalue weighted by atomic mass is 32.1. The zero-order valence-electron chi connectivity index (χ0n) is 10.0. The zero-order valence-corrected chi connectivity index (χ0v) is 10.8. The monoisotopic (exact) mass is 267 g/mol. The van der Waals surface area contributed by atoms with Gasteiger partial charge in [0.15, 0.2) is 0 Å². The van der Waals surface area contributed by atoms with Gasteiger partial charge in [-0.1, -0.05) is 0 Å². The Hall–Kier alpha value is -1.46. The Kier molecular flexibility index (Phi) is 3.93. The third-order valence-electron chi connectivity index (χ3n) is 2.69. The molecule has 0 atom stereocenters. The molecule has 2 rings (SSSR count). The molecule has 3 nitrogen and oxygen atoms in total. The molecule has 18 heavy (non-hydrogen) atoms. The average Bonchev–Trinajstić information content (AvgIpc) is 2.77. The molecule has 0 radical (unpaired) electrons. The Morgan fingerprint density at radius 1 is 1.44 bits per heavy atom. The summed E-state index contributed by atoms with van der Waals surface area (Å²) in [6.07, 6.45) is 0.557. The standard InChI is InChI=1S/C13H14FNO2S/c1-15(5-2-6-16)13(17)12-8-9-7-10(14)3-4-11(9)18-12/h3-4,7-8,16H,2,5-6H2,1H3. The number of hydrogen-bond donors (Lipinski definition) is 1. The van der Waals surface area contributed by atoms with Crippen LogP contribution in [0.4, 0.5) is 4.39 Å². The summed E-state index contributed by atoms with van der Waals surface area (Å²) in [4.78, 5) is 14.2. The van der Waals surface area contributed by atoms with Crippen LogP contribution in [0.1, 0.15) is 16.1 Å². The van der Waals surface area contributed by atoms with Crippen molar-refractivity contribution in [2.45, 2.75) is 6.42 Å². The molecule has 0 fully saturated rings. The molecule has 2 aromatic rings. The number of fused-ring (bicyclic) bond motifs is 1. The summed E-state index contributed by atoms with van der Waals surface area (Å²) in [7, 11) is 1.70. The van der Waals surface area contributed by atoms with Crippen LogP contribution in [0.3, 0.4) is 0 Å². The van der Waals surface area contributed by atoms with Crippen LogP contribution in [0.5, 0.6) is 0 Å². The second kappa shape index (κ2) is 5.46. The van der Waals surface area contributed by atoms with Gasteiger partial charge in [-0.05, 0) is 36.1 Å². The molecule has 0 saturated heterocycles. The summed E-state index contributed by atoms with van der Waals surface area (Å²) in [5.41, 5.74) is 0. The molecule has 0 saturated carbocycles. The number of carbonyl (C=O) groups is 1. The smallest absolute Gasteiger partial charge is 0.263 e. The Morgan fingerprint density at radius 3 is 2.94 bits per heavy atom. The maximum Gasteiger partial charge on any atom is 0.263 e. The molecule has 0 aliphatic rings. The van der Waals surface area contributed by atoms with E-state index in [0.29, 0.717) is 17.8 Å². The fraction of sp³-hybridized carbons (Fsp3) is 0.308. The highest BCUT2D eigenvalue weighted by Gasteiger charge is 2.14.